The summed E-state index contributed by atoms with van der Waals surface area (Å²) in [6.45, 7) is 4.34. The number of aryl methyl sites for hydroxylation is 1. The van der Waals surface area contributed by atoms with Gasteiger partial charge in [-0.1, -0.05) is 23.2 Å². The van der Waals surface area contributed by atoms with Crippen molar-refractivity contribution in [3.8, 4) is 0 Å². The van der Waals surface area contributed by atoms with Crippen molar-refractivity contribution < 1.29 is 4.39 Å². The summed E-state index contributed by atoms with van der Waals surface area (Å²) < 4.78 is 13.2. The zero-order valence-electron chi connectivity index (χ0n) is 11.1. The first-order valence-electron chi connectivity index (χ1n) is 6.14. The van der Waals surface area contributed by atoms with Gasteiger partial charge >= 0.3 is 0 Å². The molecule has 1 heterocycles. The molecule has 1 aromatic carbocycles. The number of benzene rings is 1. The average molecular weight is 314 g/mol. The van der Waals surface area contributed by atoms with Gasteiger partial charge in [0.15, 0.2) is 5.82 Å². The smallest absolute Gasteiger partial charge is 0.151 e. The fourth-order valence-corrected chi connectivity index (χ4v) is 2.18. The molecule has 0 saturated carbocycles. The summed E-state index contributed by atoms with van der Waals surface area (Å²) in [4.78, 5) is 4.33. The van der Waals surface area contributed by atoms with E-state index in [2.05, 4.69) is 15.6 Å². The fourth-order valence-electron chi connectivity index (χ4n) is 1.70. The molecule has 6 heteroatoms. The molecule has 2 N–H and O–H groups in total. The van der Waals surface area contributed by atoms with Crippen LogP contribution in [0.5, 0.6) is 0 Å². The lowest BCUT2D eigenvalue weighted by Gasteiger charge is -2.12. The predicted octanol–water partition coefficient (Wildman–Crippen LogP) is 5.01. The molecule has 106 valence electrons. The zero-order valence-corrected chi connectivity index (χ0v) is 12.6. The van der Waals surface area contributed by atoms with Gasteiger partial charge in [-0.2, -0.15) is 0 Å². The molecule has 0 aliphatic rings. The van der Waals surface area contributed by atoms with E-state index in [9.17, 15) is 4.39 Å². The number of nitrogens with one attached hydrogen (secondary N) is 2. The van der Waals surface area contributed by atoms with Crippen LogP contribution >= 0.6 is 23.2 Å². The van der Waals surface area contributed by atoms with E-state index in [4.69, 9.17) is 23.2 Å². The van der Waals surface area contributed by atoms with Crippen LogP contribution in [0.4, 0.5) is 21.7 Å². The lowest BCUT2D eigenvalue weighted by atomic mass is 10.2. The van der Waals surface area contributed by atoms with Crippen molar-refractivity contribution in [1.29, 1.82) is 0 Å². The quantitative estimate of drug-likeness (QED) is 0.833. The summed E-state index contributed by atoms with van der Waals surface area (Å²) in [5.74, 6) is 0.775. The highest BCUT2D eigenvalue weighted by Crippen LogP contribution is 2.31. The molecule has 1 aromatic heterocycles. The molecule has 2 rings (SSSR count). The Bertz CT molecular complexity index is 632. The normalized spacial score (nSPS) is 10.4. The molecule has 0 atom stereocenters. The summed E-state index contributed by atoms with van der Waals surface area (Å²) in [6.07, 6.45) is 0. The first-order chi connectivity index (χ1) is 9.51. The van der Waals surface area contributed by atoms with E-state index in [1.807, 2.05) is 6.92 Å². The van der Waals surface area contributed by atoms with E-state index in [1.54, 1.807) is 25.1 Å². The highest BCUT2D eigenvalue weighted by molar-refractivity contribution is 6.37. The summed E-state index contributed by atoms with van der Waals surface area (Å²) in [5.41, 5.74) is 1.26. The molecule has 20 heavy (non-hydrogen) atoms. The van der Waals surface area contributed by atoms with Crippen molar-refractivity contribution >= 4 is 40.5 Å². The maximum atomic E-state index is 13.2. The van der Waals surface area contributed by atoms with Crippen molar-refractivity contribution in [2.45, 2.75) is 13.8 Å². The Hall–Kier alpha value is -1.52. The minimum atomic E-state index is -0.251. The van der Waals surface area contributed by atoms with Crippen LogP contribution in [0.15, 0.2) is 24.3 Å². The van der Waals surface area contributed by atoms with Gasteiger partial charge in [0, 0.05) is 12.2 Å². The van der Waals surface area contributed by atoms with E-state index < -0.39 is 0 Å². The molecule has 0 spiro atoms. The number of halogens is 3. The molecule has 0 radical (unpaired) electrons. The average Bonchev–Trinajstić information content (AvgIpc) is 2.39. The van der Waals surface area contributed by atoms with Crippen LogP contribution in [-0.2, 0) is 0 Å². The Morgan fingerprint density at radius 2 is 1.85 bits per heavy atom. The van der Waals surface area contributed by atoms with Gasteiger partial charge in [-0.05, 0) is 43.7 Å². The third-order valence-electron chi connectivity index (χ3n) is 2.69. The Morgan fingerprint density at radius 1 is 1.15 bits per heavy atom. The first-order valence-corrected chi connectivity index (χ1v) is 6.90. The summed E-state index contributed by atoms with van der Waals surface area (Å²) in [5, 5.41) is 6.96. The zero-order chi connectivity index (χ0) is 14.7. The number of anilines is 3. The SMILES string of the molecule is CCNc1nc(Nc2ccc(F)c(C)c2)c(Cl)cc1Cl. The summed E-state index contributed by atoms with van der Waals surface area (Å²) in [6, 6.07) is 6.33. The van der Waals surface area contributed by atoms with Crippen LogP contribution in [0.3, 0.4) is 0 Å². The first kappa shape index (κ1) is 14.9. The Balaban J connectivity index is 2.32. The molecular weight excluding hydrogens is 300 g/mol. The highest BCUT2D eigenvalue weighted by atomic mass is 35.5. The van der Waals surface area contributed by atoms with Gasteiger partial charge in [0.05, 0.1) is 10.0 Å². The van der Waals surface area contributed by atoms with Crippen LogP contribution in [0.1, 0.15) is 12.5 Å². The second-order valence-electron chi connectivity index (χ2n) is 4.27. The van der Waals surface area contributed by atoms with Crippen LogP contribution in [0, 0.1) is 12.7 Å². The maximum absolute atomic E-state index is 13.2. The molecule has 0 aliphatic heterocycles. The van der Waals surface area contributed by atoms with Gasteiger partial charge in [-0.3, -0.25) is 0 Å². The third-order valence-corrected chi connectivity index (χ3v) is 3.27. The lowest BCUT2D eigenvalue weighted by molar-refractivity contribution is 0.619. The number of hydrogen-bond acceptors (Lipinski definition) is 3. The van der Waals surface area contributed by atoms with Crippen molar-refractivity contribution in [3.05, 3.63) is 45.7 Å². The number of hydrogen-bond donors (Lipinski definition) is 2. The number of aromatic nitrogens is 1. The predicted molar refractivity (Wildman–Crippen MR) is 82.8 cm³/mol. The van der Waals surface area contributed by atoms with Crippen LogP contribution in [0.2, 0.25) is 10.0 Å². The number of pyridine rings is 1. The highest BCUT2D eigenvalue weighted by Gasteiger charge is 2.09. The van der Waals surface area contributed by atoms with Gasteiger partial charge < -0.3 is 10.6 Å². The van der Waals surface area contributed by atoms with Crippen molar-refractivity contribution in [2.75, 3.05) is 17.2 Å². The standard InChI is InChI=1S/C14H14Cl2FN3/c1-3-18-13-10(15)7-11(16)14(20-13)19-9-4-5-12(17)8(2)6-9/h4-7H,3H2,1-2H3,(H2,18,19,20). The summed E-state index contributed by atoms with van der Waals surface area (Å²) in [7, 11) is 0. The second kappa shape index (κ2) is 6.29. The minimum Gasteiger partial charge on any atom is -0.369 e. The Labute approximate surface area is 127 Å². The molecule has 0 aliphatic carbocycles. The van der Waals surface area contributed by atoms with Crippen molar-refractivity contribution in [2.24, 2.45) is 0 Å². The maximum Gasteiger partial charge on any atom is 0.151 e. The molecule has 0 fully saturated rings. The third kappa shape index (κ3) is 3.32. The fraction of sp³-hybridized carbons (Fsp3) is 0.214. The molecule has 0 saturated heterocycles. The van der Waals surface area contributed by atoms with Crippen LogP contribution in [0.25, 0.3) is 0 Å². The lowest BCUT2D eigenvalue weighted by Crippen LogP contribution is -2.03. The Kier molecular flexibility index (Phi) is 4.68. The van der Waals surface area contributed by atoms with E-state index in [0.29, 0.717) is 39.5 Å². The molecule has 0 amide bonds. The molecule has 3 nitrogen and oxygen atoms in total. The minimum absolute atomic E-state index is 0.251. The molecule has 0 unspecified atom stereocenters. The van der Waals surface area contributed by atoms with E-state index in [-0.39, 0.29) is 5.82 Å². The number of nitrogens with zero attached hydrogens (tertiary/aromatic N) is 1. The van der Waals surface area contributed by atoms with Crippen molar-refractivity contribution in [3.63, 3.8) is 0 Å². The van der Waals surface area contributed by atoms with E-state index in [0.717, 1.165) is 0 Å². The van der Waals surface area contributed by atoms with E-state index in [1.165, 1.54) is 6.07 Å². The topological polar surface area (TPSA) is 37.0 Å². The van der Waals surface area contributed by atoms with Crippen LogP contribution < -0.4 is 10.6 Å². The van der Waals surface area contributed by atoms with Gasteiger partial charge in [-0.25, -0.2) is 9.37 Å². The molecular formula is C14H14Cl2FN3. The molecule has 2 aromatic rings. The van der Waals surface area contributed by atoms with Gasteiger partial charge in [0.2, 0.25) is 0 Å². The summed E-state index contributed by atoms with van der Waals surface area (Å²) >= 11 is 12.2. The van der Waals surface area contributed by atoms with Gasteiger partial charge in [0.25, 0.3) is 0 Å². The second-order valence-corrected chi connectivity index (χ2v) is 5.08. The monoisotopic (exact) mass is 313 g/mol. The van der Waals surface area contributed by atoms with Gasteiger partial charge in [-0.15, -0.1) is 0 Å². The largest absolute Gasteiger partial charge is 0.369 e. The Morgan fingerprint density at radius 3 is 2.50 bits per heavy atom. The molecule has 0 bridgehead atoms. The number of rotatable bonds is 4. The van der Waals surface area contributed by atoms with Crippen molar-refractivity contribution in [1.82, 2.24) is 4.98 Å². The van der Waals surface area contributed by atoms with E-state index >= 15 is 0 Å². The van der Waals surface area contributed by atoms with Gasteiger partial charge in [0.1, 0.15) is 11.6 Å². The van der Waals surface area contributed by atoms with Crippen LogP contribution in [-0.4, -0.2) is 11.5 Å².